The number of aliphatic hydroxyl groups is 1. The maximum absolute atomic E-state index is 14.8. The molecule has 1 aliphatic rings. The van der Waals surface area contributed by atoms with E-state index in [1.54, 1.807) is 12.1 Å². The Morgan fingerprint density at radius 1 is 1.50 bits per heavy atom. The van der Waals surface area contributed by atoms with E-state index in [4.69, 9.17) is 9.84 Å². The summed E-state index contributed by atoms with van der Waals surface area (Å²) < 4.78 is 20.3. The highest BCUT2D eigenvalue weighted by Crippen LogP contribution is 2.28. The van der Waals surface area contributed by atoms with Crippen molar-refractivity contribution >= 4 is 11.6 Å². The SMILES string of the molecule is CCc1c(OCCCO)ccc(C2=NNC(=O)CC2C)c1F. The highest BCUT2D eigenvalue weighted by Gasteiger charge is 2.25. The van der Waals surface area contributed by atoms with Crippen molar-refractivity contribution in [2.45, 2.75) is 33.1 Å². The zero-order valence-electron chi connectivity index (χ0n) is 12.9. The molecule has 1 amide bonds. The predicted molar refractivity (Wildman–Crippen MR) is 81.4 cm³/mol. The number of carbonyl (C=O) groups is 1. The minimum atomic E-state index is -0.356. The van der Waals surface area contributed by atoms with E-state index in [-0.39, 0.29) is 24.2 Å². The van der Waals surface area contributed by atoms with Crippen LogP contribution in [0.15, 0.2) is 17.2 Å². The lowest BCUT2D eigenvalue weighted by atomic mass is 9.92. The Balaban J connectivity index is 2.32. The first-order chi connectivity index (χ1) is 10.6. The standard InChI is InChI=1S/C16H21FN2O3/c1-3-11-13(22-8-4-7-20)6-5-12(15(11)17)16-10(2)9-14(21)18-19-16/h5-6,10,20H,3-4,7-9H2,1-2H3,(H,18,21). The number of halogens is 1. The molecule has 0 radical (unpaired) electrons. The average molecular weight is 308 g/mol. The van der Waals surface area contributed by atoms with Gasteiger partial charge in [-0.25, -0.2) is 9.82 Å². The molecule has 0 saturated heterocycles. The van der Waals surface area contributed by atoms with E-state index in [2.05, 4.69) is 10.5 Å². The Bertz CT molecular complexity index is 587. The molecular weight excluding hydrogens is 287 g/mol. The molecule has 22 heavy (non-hydrogen) atoms. The summed E-state index contributed by atoms with van der Waals surface area (Å²) in [7, 11) is 0. The summed E-state index contributed by atoms with van der Waals surface area (Å²) in [4.78, 5) is 11.3. The van der Waals surface area contributed by atoms with Gasteiger partial charge in [0.15, 0.2) is 0 Å². The van der Waals surface area contributed by atoms with Crippen LogP contribution in [0.1, 0.15) is 37.8 Å². The van der Waals surface area contributed by atoms with Gasteiger partial charge in [-0.05, 0) is 18.6 Å². The first kappa shape index (κ1) is 16.4. The number of ether oxygens (including phenoxy) is 1. The fourth-order valence-corrected chi connectivity index (χ4v) is 2.49. The Kier molecular flexibility index (Phi) is 5.49. The van der Waals surface area contributed by atoms with Crippen molar-refractivity contribution in [3.63, 3.8) is 0 Å². The molecule has 6 heteroatoms. The van der Waals surface area contributed by atoms with Gasteiger partial charge < -0.3 is 9.84 Å². The van der Waals surface area contributed by atoms with Crippen LogP contribution >= 0.6 is 0 Å². The summed E-state index contributed by atoms with van der Waals surface area (Å²) in [6.45, 7) is 4.09. The monoisotopic (exact) mass is 308 g/mol. The Morgan fingerprint density at radius 2 is 2.27 bits per heavy atom. The molecule has 1 heterocycles. The highest BCUT2D eigenvalue weighted by molar-refractivity contribution is 6.06. The molecule has 0 aromatic heterocycles. The van der Waals surface area contributed by atoms with Gasteiger partial charge in [-0.15, -0.1) is 0 Å². The van der Waals surface area contributed by atoms with Crippen LogP contribution in [0.3, 0.4) is 0 Å². The van der Waals surface area contributed by atoms with E-state index >= 15 is 0 Å². The summed E-state index contributed by atoms with van der Waals surface area (Å²) in [6, 6.07) is 3.36. The first-order valence-corrected chi connectivity index (χ1v) is 7.50. The van der Waals surface area contributed by atoms with E-state index < -0.39 is 0 Å². The molecule has 2 rings (SSSR count). The number of hydrogen-bond donors (Lipinski definition) is 2. The van der Waals surface area contributed by atoms with Gasteiger partial charge in [0.25, 0.3) is 0 Å². The van der Waals surface area contributed by atoms with Gasteiger partial charge in [-0.1, -0.05) is 13.8 Å². The second-order valence-electron chi connectivity index (χ2n) is 5.32. The van der Waals surface area contributed by atoms with E-state index in [1.807, 2.05) is 13.8 Å². The van der Waals surface area contributed by atoms with Crippen LogP contribution in [0.2, 0.25) is 0 Å². The second-order valence-corrected chi connectivity index (χ2v) is 5.32. The summed E-state index contributed by atoms with van der Waals surface area (Å²) in [5.74, 6) is -0.151. The number of aliphatic hydroxyl groups excluding tert-OH is 1. The quantitative estimate of drug-likeness (QED) is 0.790. The molecule has 0 aliphatic carbocycles. The summed E-state index contributed by atoms with van der Waals surface area (Å²) in [5, 5.41) is 12.8. The lowest BCUT2D eigenvalue weighted by Crippen LogP contribution is -2.32. The lowest BCUT2D eigenvalue weighted by Gasteiger charge is -2.21. The van der Waals surface area contributed by atoms with Gasteiger partial charge in [-0.2, -0.15) is 5.10 Å². The minimum absolute atomic E-state index is 0.0377. The number of nitrogens with one attached hydrogen (secondary N) is 1. The van der Waals surface area contributed by atoms with E-state index in [0.717, 1.165) is 0 Å². The third-order valence-electron chi connectivity index (χ3n) is 3.65. The van der Waals surface area contributed by atoms with Crippen LogP contribution < -0.4 is 10.2 Å². The fourth-order valence-electron chi connectivity index (χ4n) is 2.49. The molecule has 1 atom stereocenters. The number of benzene rings is 1. The topological polar surface area (TPSA) is 70.9 Å². The van der Waals surface area contributed by atoms with E-state index in [0.29, 0.717) is 48.5 Å². The number of amides is 1. The molecule has 0 spiro atoms. The van der Waals surface area contributed by atoms with Crippen molar-refractivity contribution in [2.24, 2.45) is 11.0 Å². The zero-order valence-corrected chi connectivity index (χ0v) is 12.9. The highest BCUT2D eigenvalue weighted by atomic mass is 19.1. The molecule has 0 saturated carbocycles. The van der Waals surface area contributed by atoms with Gasteiger partial charge >= 0.3 is 0 Å². The zero-order chi connectivity index (χ0) is 16.1. The second kappa shape index (κ2) is 7.35. The molecular formula is C16H21FN2O3. The maximum Gasteiger partial charge on any atom is 0.240 e. The Morgan fingerprint density at radius 3 is 2.91 bits per heavy atom. The maximum atomic E-state index is 14.8. The van der Waals surface area contributed by atoms with Crippen LogP contribution in [0.25, 0.3) is 0 Å². The van der Waals surface area contributed by atoms with Crippen LogP contribution in [0.4, 0.5) is 4.39 Å². The largest absolute Gasteiger partial charge is 0.493 e. The average Bonchev–Trinajstić information content (AvgIpc) is 2.49. The van der Waals surface area contributed by atoms with Crippen LogP contribution in [-0.4, -0.2) is 29.9 Å². The van der Waals surface area contributed by atoms with Gasteiger partial charge in [0.05, 0.1) is 12.3 Å². The third kappa shape index (κ3) is 3.44. The van der Waals surface area contributed by atoms with Crippen molar-refractivity contribution < 1.29 is 19.0 Å². The first-order valence-electron chi connectivity index (χ1n) is 7.50. The van der Waals surface area contributed by atoms with E-state index in [9.17, 15) is 9.18 Å². The summed E-state index contributed by atoms with van der Waals surface area (Å²) >= 11 is 0. The summed E-state index contributed by atoms with van der Waals surface area (Å²) in [6.07, 6.45) is 1.29. The molecule has 5 nitrogen and oxygen atoms in total. The number of hydrogen-bond acceptors (Lipinski definition) is 4. The Hall–Kier alpha value is -1.95. The van der Waals surface area contributed by atoms with Gasteiger partial charge in [0.2, 0.25) is 5.91 Å². The lowest BCUT2D eigenvalue weighted by molar-refractivity contribution is -0.121. The van der Waals surface area contributed by atoms with Gasteiger partial charge in [0, 0.05) is 36.5 Å². The smallest absolute Gasteiger partial charge is 0.240 e. The number of rotatable bonds is 6. The van der Waals surface area contributed by atoms with Gasteiger partial charge in [0.1, 0.15) is 11.6 Å². The fraction of sp³-hybridized carbons (Fsp3) is 0.500. The summed E-state index contributed by atoms with van der Waals surface area (Å²) in [5.41, 5.74) is 3.85. The number of hydrazone groups is 1. The molecule has 0 fully saturated rings. The molecule has 1 aliphatic heterocycles. The van der Waals surface area contributed by atoms with Crippen LogP contribution in [0.5, 0.6) is 5.75 Å². The van der Waals surface area contributed by atoms with Gasteiger partial charge in [-0.3, -0.25) is 4.79 Å². The normalized spacial score (nSPS) is 17.9. The van der Waals surface area contributed by atoms with Crippen molar-refractivity contribution in [2.75, 3.05) is 13.2 Å². The molecule has 1 unspecified atom stereocenters. The van der Waals surface area contributed by atoms with E-state index in [1.165, 1.54) is 0 Å². The third-order valence-corrected chi connectivity index (χ3v) is 3.65. The van der Waals surface area contributed by atoms with Crippen LogP contribution in [0, 0.1) is 11.7 Å². The molecule has 0 bridgehead atoms. The predicted octanol–water partition coefficient (Wildman–Crippen LogP) is 2.01. The molecule has 1 aromatic rings. The molecule has 1 aromatic carbocycles. The van der Waals surface area contributed by atoms with Crippen molar-refractivity contribution in [1.29, 1.82) is 0 Å². The number of carbonyl (C=O) groups excluding carboxylic acids is 1. The van der Waals surface area contributed by atoms with Crippen molar-refractivity contribution in [3.05, 3.63) is 29.1 Å². The molecule has 2 N–H and O–H groups in total. The van der Waals surface area contributed by atoms with Crippen molar-refractivity contribution in [1.82, 2.24) is 5.43 Å². The molecule has 120 valence electrons. The minimum Gasteiger partial charge on any atom is -0.493 e. The van der Waals surface area contributed by atoms with Crippen molar-refractivity contribution in [3.8, 4) is 5.75 Å². The number of nitrogens with zero attached hydrogens (tertiary/aromatic N) is 1. The van der Waals surface area contributed by atoms with Crippen LogP contribution in [-0.2, 0) is 11.2 Å². The Labute approximate surface area is 129 Å².